The number of halogens is 1. The highest BCUT2D eigenvalue weighted by Crippen LogP contribution is 2.24. The van der Waals surface area contributed by atoms with E-state index in [1.165, 1.54) is 0 Å². The Morgan fingerprint density at radius 3 is 2.57 bits per heavy atom. The van der Waals surface area contributed by atoms with Crippen LogP contribution < -0.4 is 4.74 Å². The first-order chi connectivity index (χ1) is 10.2. The van der Waals surface area contributed by atoms with Crippen LogP contribution in [-0.2, 0) is 13.2 Å². The summed E-state index contributed by atoms with van der Waals surface area (Å²) in [6.45, 7) is 0.334. The van der Waals surface area contributed by atoms with E-state index in [0.29, 0.717) is 12.4 Å². The van der Waals surface area contributed by atoms with Gasteiger partial charge in [-0.05, 0) is 23.8 Å². The molecule has 2 aromatic rings. The van der Waals surface area contributed by atoms with Crippen LogP contribution in [0.4, 0.5) is 0 Å². The molecule has 0 saturated heterocycles. The lowest BCUT2D eigenvalue weighted by Crippen LogP contribution is -1.99. The van der Waals surface area contributed by atoms with Crippen LogP contribution in [0.15, 0.2) is 53.0 Å². The second-order valence-electron chi connectivity index (χ2n) is 4.49. The highest BCUT2D eigenvalue weighted by Gasteiger charge is 2.05. The van der Waals surface area contributed by atoms with Crippen molar-refractivity contribution in [3.8, 4) is 5.75 Å². The highest BCUT2D eigenvalue weighted by atomic mass is 79.9. The first-order valence-electron chi connectivity index (χ1n) is 6.62. The Bertz CT molecular complexity index is 623. The van der Waals surface area contributed by atoms with Crippen molar-refractivity contribution >= 4 is 22.0 Å². The van der Waals surface area contributed by atoms with Crippen molar-refractivity contribution in [3.63, 3.8) is 0 Å². The summed E-state index contributed by atoms with van der Waals surface area (Å²) in [5.74, 6) is 0.661. The number of rotatable bonds is 6. The topological polar surface area (TPSA) is 49.7 Å². The van der Waals surface area contributed by atoms with Gasteiger partial charge >= 0.3 is 0 Å². The second-order valence-corrected chi connectivity index (χ2v) is 5.34. The Labute approximate surface area is 132 Å². The largest absolute Gasteiger partial charge is 0.488 e. The van der Waals surface area contributed by atoms with Crippen LogP contribution in [-0.4, -0.2) is 16.8 Å². The summed E-state index contributed by atoms with van der Waals surface area (Å²) in [7, 11) is 0. The zero-order chi connectivity index (χ0) is 15.1. The maximum atomic E-state index is 9.46. The van der Waals surface area contributed by atoms with Gasteiger partial charge in [-0.15, -0.1) is 0 Å². The van der Waals surface area contributed by atoms with E-state index in [1.54, 1.807) is 12.2 Å². The average molecular weight is 349 g/mol. The van der Waals surface area contributed by atoms with E-state index in [1.807, 2.05) is 42.5 Å². The van der Waals surface area contributed by atoms with E-state index in [0.717, 1.165) is 21.2 Å². The molecule has 0 aromatic heterocycles. The fraction of sp³-hybridized carbons (Fsp3) is 0.176. The summed E-state index contributed by atoms with van der Waals surface area (Å²) in [6, 6.07) is 13.4. The number of hydrogen-bond donors (Lipinski definition) is 2. The Balaban J connectivity index is 2.13. The predicted octanol–water partition coefficient (Wildman–Crippen LogP) is 3.53. The zero-order valence-electron chi connectivity index (χ0n) is 11.5. The molecule has 2 N–H and O–H groups in total. The normalized spacial score (nSPS) is 11.0. The van der Waals surface area contributed by atoms with Crippen molar-refractivity contribution in [1.29, 1.82) is 0 Å². The number of benzene rings is 2. The molecule has 0 aliphatic rings. The van der Waals surface area contributed by atoms with E-state index in [4.69, 9.17) is 9.84 Å². The molecule has 0 aliphatic carbocycles. The molecular weight excluding hydrogens is 332 g/mol. The summed E-state index contributed by atoms with van der Waals surface area (Å²) in [4.78, 5) is 0. The fourth-order valence-electron chi connectivity index (χ4n) is 1.93. The Morgan fingerprint density at radius 1 is 1.05 bits per heavy atom. The standard InChI is InChI=1S/C17H17BrO3/c18-16-6-2-1-5-14(16)12-21-17-8-7-13(4-3-9-19)10-15(17)11-20/h1-8,10,19-20H,9,11-12H2. The minimum Gasteiger partial charge on any atom is -0.488 e. The third-order valence-electron chi connectivity index (χ3n) is 3.01. The van der Waals surface area contributed by atoms with Gasteiger partial charge in [0, 0.05) is 15.6 Å². The van der Waals surface area contributed by atoms with Gasteiger partial charge < -0.3 is 14.9 Å². The number of ether oxygens (including phenoxy) is 1. The molecule has 110 valence electrons. The van der Waals surface area contributed by atoms with Gasteiger partial charge in [-0.1, -0.05) is 52.3 Å². The SMILES string of the molecule is OCC=Cc1ccc(OCc2ccccc2Br)c(CO)c1. The van der Waals surface area contributed by atoms with Crippen LogP contribution in [0.2, 0.25) is 0 Å². The lowest BCUT2D eigenvalue weighted by Gasteiger charge is -2.12. The van der Waals surface area contributed by atoms with Crippen molar-refractivity contribution in [2.75, 3.05) is 6.61 Å². The quantitative estimate of drug-likeness (QED) is 0.839. The molecule has 0 aliphatic heterocycles. The Morgan fingerprint density at radius 2 is 1.86 bits per heavy atom. The fourth-order valence-corrected chi connectivity index (χ4v) is 2.33. The average Bonchev–Trinajstić information content (AvgIpc) is 2.52. The van der Waals surface area contributed by atoms with Crippen molar-refractivity contribution in [3.05, 3.63) is 69.7 Å². The molecule has 0 heterocycles. The minimum absolute atomic E-state index is 0.00521. The van der Waals surface area contributed by atoms with Gasteiger partial charge in [-0.25, -0.2) is 0 Å². The van der Waals surface area contributed by atoms with Crippen LogP contribution in [0.1, 0.15) is 16.7 Å². The van der Waals surface area contributed by atoms with Gasteiger partial charge in [0.05, 0.1) is 13.2 Å². The highest BCUT2D eigenvalue weighted by molar-refractivity contribution is 9.10. The molecule has 4 heteroatoms. The predicted molar refractivity (Wildman–Crippen MR) is 87.0 cm³/mol. The Hall–Kier alpha value is -1.62. The lowest BCUT2D eigenvalue weighted by molar-refractivity contribution is 0.259. The second kappa shape index (κ2) is 7.98. The molecule has 0 bridgehead atoms. The molecule has 3 nitrogen and oxygen atoms in total. The smallest absolute Gasteiger partial charge is 0.125 e. The molecule has 0 spiro atoms. The van der Waals surface area contributed by atoms with Crippen LogP contribution >= 0.6 is 15.9 Å². The molecular formula is C17H17BrO3. The summed E-state index contributed by atoms with van der Waals surface area (Å²) in [5.41, 5.74) is 2.69. The molecule has 0 saturated carbocycles. The van der Waals surface area contributed by atoms with E-state index < -0.39 is 0 Å². The molecule has 0 fully saturated rings. The zero-order valence-corrected chi connectivity index (χ0v) is 13.1. The van der Waals surface area contributed by atoms with Crippen LogP contribution in [0.3, 0.4) is 0 Å². The Kier molecular flexibility index (Phi) is 5.99. The molecule has 0 amide bonds. The number of hydrogen-bond acceptors (Lipinski definition) is 3. The third kappa shape index (κ3) is 4.43. The molecule has 2 aromatic carbocycles. The molecule has 0 atom stereocenters. The summed E-state index contributed by atoms with van der Waals surface area (Å²) < 4.78 is 6.79. The third-order valence-corrected chi connectivity index (χ3v) is 3.79. The molecule has 2 rings (SSSR count). The molecule has 0 radical (unpaired) electrons. The first-order valence-corrected chi connectivity index (χ1v) is 7.41. The number of aliphatic hydroxyl groups excluding tert-OH is 2. The maximum Gasteiger partial charge on any atom is 0.125 e. The number of aliphatic hydroxyl groups is 2. The van der Waals surface area contributed by atoms with Gasteiger partial charge in [0.1, 0.15) is 12.4 Å². The first kappa shape index (κ1) is 15.8. The molecule has 0 unspecified atom stereocenters. The van der Waals surface area contributed by atoms with Gasteiger partial charge in [0.25, 0.3) is 0 Å². The summed E-state index contributed by atoms with van der Waals surface area (Å²) in [5, 5.41) is 18.2. The van der Waals surface area contributed by atoms with Crippen LogP contribution in [0.5, 0.6) is 5.75 Å². The summed E-state index contributed by atoms with van der Waals surface area (Å²) >= 11 is 3.48. The van der Waals surface area contributed by atoms with Crippen molar-refractivity contribution < 1.29 is 14.9 Å². The van der Waals surface area contributed by atoms with Gasteiger partial charge in [-0.2, -0.15) is 0 Å². The van der Waals surface area contributed by atoms with Crippen molar-refractivity contribution in [1.82, 2.24) is 0 Å². The van der Waals surface area contributed by atoms with Crippen LogP contribution in [0.25, 0.3) is 6.08 Å². The maximum absolute atomic E-state index is 9.46. The van der Waals surface area contributed by atoms with Crippen LogP contribution in [0, 0.1) is 0 Å². The van der Waals surface area contributed by atoms with E-state index in [9.17, 15) is 5.11 Å². The van der Waals surface area contributed by atoms with Gasteiger partial charge in [-0.3, -0.25) is 0 Å². The molecule has 21 heavy (non-hydrogen) atoms. The monoisotopic (exact) mass is 348 g/mol. The summed E-state index contributed by atoms with van der Waals surface area (Å²) in [6.07, 6.45) is 3.45. The minimum atomic E-state index is -0.0912. The van der Waals surface area contributed by atoms with E-state index in [2.05, 4.69) is 15.9 Å². The van der Waals surface area contributed by atoms with Gasteiger partial charge in [0.2, 0.25) is 0 Å². The lowest BCUT2D eigenvalue weighted by atomic mass is 10.1. The van der Waals surface area contributed by atoms with Gasteiger partial charge in [0.15, 0.2) is 0 Å². The van der Waals surface area contributed by atoms with Crippen molar-refractivity contribution in [2.24, 2.45) is 0 Å². The van der Waals surface area contributed by atoms with E-state index >= 15 is 0 Å². The van der Waals surface area contributed by atoms with Crippen molar-refractivity contribution in [2.45, 2.75) is 13.2 Å². The van der Waals surface area contributed by atoms with E-state index in [-0.39, 0.29) is 13.2 Å².